The van der Waals surface area contributed by atoms with Gasteiger partial charge in [0, 0.05) is 5.02 Å². The predicted molar refractivity (Wildman–Crippen MR) is 152 cm³/mol. The minimum atomic E-state index is -4.07. The number of benzene rings is 3. The monoisotopic (exact) mass is 654 g/mol. The summed E-state index contributed by atoms with van der Waals surface area (Å²) in [4.78, 5) is 17.4. The number of nitrogens with zero attached hydrogens (tertiary/aromatic N) is 1. The fourth-order valence-corrected chi connectivity index (χ4v) is 6.04. The average Bonchev–Trinajstić information content (AvgIpc) is 3.15. The van der Waals surface area contributed by atoms with Crippen molar-refractivity contribution in [2.75, 3.05) is 6.61 Å². The van der Waals surface area contributed by atoms with E-state index in [9.17, 15) is 13.2 Å². The molecule has 36 heavy (non-hydrogen) atoms. The minimum Gasteiger partial charge on any atom is -0.490 e. The Labute approximate surface area is 232 Å². The van der Waals surface area contributed by atoms with Crippen LogP contribution in [0.4, 0.5) is 5.69 Å². The van der Waals surface area contributed by atoms with E-state index in [2.05, 4.69) is 10.3 Å². The smallest absolute Gasteiger partial charge is 0.339 e. The van der Waals surface area contributed by atoms with Gasteiger partial charge >= 0.3 is 10.1 Å². The Kier molecular flexibility index (Phi) is 8.28. The number of hydrogen-bond acceptors (Lipinski definition) is 7. The molecule has 11 heteroatoms. The van der Waals surface area contributed by atoms with Crippen LogP contribution in [0, 0.1) is 10.5 Å². The van der Waals surface area contributed by atoms with Gasteiger partial charge in [0.05, 0.1) is 20.8 Å². The third-order valence-corrected chi connectivity index (χ3v) is 8.00. The largest absolute Gasteiger partial charge is 0.490 e. The third-order valence-electron chi connectivity index (χ3n) is 4.82. The van der Waals surface area contributed by atoms with Gasteiger partial charge in [-0.3, -0.25) is 4.79 Å². The lowest BCUT2D eigenvalue weighted by atomic mass is 10.2. The zero-order chi connectivity index (χ0) is 25.9. The van der Waals surface area contributed by atoms with Crippen LogP contribution in [0.1, 0.15) is 18.1 Å². The minimum absolute atomic E-state index is 0.0445. The number of ether oxygens (including phenoxy) is 1. The van der Waals surface area contributed by atoms with E-state index in [1.54, 1.807) is 61.5 Å². The Bertz CT molecular complexity index is 1490. The van der Waals surface area contributed by atoms with Crippen molar-refractivity contribution in [1.29, 1.82) is 0 Å². The lowest BCUT2D eigenvalue weighted by Gasteiger charge is -2.14. The number of carbonyl (C=O) groups is 1. The first-order chi connectivity index (χ1) is 17.1. The Morgan fingerprint density at radius 1 is 1.14 bits per heavy atom. The fraction of sp³-hybridized carbons (Fsp3) is 0.120. The van der Waals surface area contributed by atoms with Gasteiger partial charge in [-0.25, -0.2) is 4.99 Å². The molecule has 1 aliphatic heterocycles. The lowest BCUT2D eigenvalue weighted by molar-refractivity contribution is -0.115. The first kappa shape index (κ1) is 26.5. The molecule has 0 spiro atoms. The summed E-state index contributed by atoms with van der Waals surface area (Å²) in [7, 11) is -4.07. The van der Waals surface area contributed by atoms with Crippen molar-refractivity contribution in [3.63, 3.8) is 0 Å². The van der Waals surface area contributed by atoms with Crippen molar-refractivity contribution in [2.45, 2.75) is 18.7 Å². The Hall–Kier alpha value is -2.54. The molecule has 0 unspecified atom stereocenters. The lowest BCUT2D eigenvalue weighted by Crippen LogP contribution is -2.19. The molecule has 1 amide bonds. The molecule has 0 aliphatic carbocycles. The van der Waals surface area contributed by atoms with Crippen molar-refractivity contribution < 1.29 is 22.1 Å². The van der Waals surface area contributed by atoms with Crippen LogP contribution in [-0.2, 0) is 14.9 Å². The molecule has 1 aliphatic rings. The molecule has 0 aromatic heterocycles. The molecule has 1 fully saturated rings. The highest BCUT2D eigenvalue weighted by molar-refractivity contribution is 14.1. The first-order valence-corrected chi connectivity index (χ1v) is 14.4. The molecular formula is C25H20ClIN2O5S2. The van der Waals surface area contributed by atoms with Crippen molar-refractivity contribution in [1.82, 2.24) is 5.32 Å². The van der Waals surface area contributed by atoms with Crippen molar-refractivity contribution in [3.8, 4) is 11.5 Å². The Morgan fingerprint density at radius 3 is 2.58 bits per heavy atom. The van der Waals surface area contributed by atoms with E-state index < -0.39 is 10.1 Å². The maximum absolute atomic E-state index is 12.9. The second-order valence-electron chi connectivity index (χ2n) is 7.58. The van der Waals surface area contributed by atoms with Crippen molar-refractivity contribution in [2.24, 2.45) is 4.99 Å². The van der Waals surface area contributed by atoms with Gasteiger partial charge in [0.15, 0.2) is 16.7 Å². The third kappa shape index (κ3) is 6.41. The molecule has 0 atom stereocenters. The van der Waals surface area contributed by atoms with E-state index in [0.717, 1.165) is 5.56 Å². The Balaban J connectivity index is 1.63. The number of thioether (sulfide) groups is 1. The summed E-state index contributed by atoms with van der Waals surface area (Å²) in [6.45, 7) is 3.95. The van der Waals surface area contributed by atoms with Crippen LogP contribution in [-0.4, -0.2) is 26.1 Å². The molecular weight excluding hydrogens is 635 g/mol. The normalized spacial score (nSPS) is 15.8. The number of rotatable bonds is 7. The van der Waals surface area contributed by atoms with Crippen LogP contribution < -0.4 is 14.2 Å². The van der Waals surface area contributed by atoms with Crippen molar-refractivity contribution >= 4 is 78.9 Å². The second kappa shape index (κ2) is 11.2. The predicted octanol–water partition coefficient (Wildman–Crippen LogP) is 6.31. The maximum Gasteiger partial charge on any atom is 0.339 e. The number of hydrogen-bond donors (Lipinski definition) is 1. The van der Waals surface area contributed by atoms with Crippen LogP contribution in [0.15, 0.2) is 75.5 Å². The summed E-state index contributed by atoms with van der Waals surface area (Å²) in [6.07, 6.45) is 1.68. The van der Waals surface area contributed by atoms with E-state index in [-0.39, 0.29) is 22.3 Å². The fourth-order valence-electron chi connectivity index (χ4n) is 3.17. The molecule has 7 nitrogen and oxygen atoms in total. The highest BCUT2D eigenvalue weighted by atomic mass is 127. The molecule has 186 valence electrons. The summed E-state index contributed by atoms with van der Waals surface area (Å²) in [5.41, 5.74) is 2.20. The van der Waals surface area contributed by atoms with Crippen LogP contribution in [0.5, 0.6) is 11.5 Å². The standard InChI is InChI=1S/C25H20ClIN2O5S2/c1-3-33-21-12-16(11-20(27)23(21)34-36(31,32)19-9-7-15(2)8-10-19)13-22-24(30)29-25(35-22)28-18-6-4-5-17(26)14-18/h4-14H,3H2,1-2H3,(H,28,29,30)/b22-13+. The molecule has 3 aromatic rings. The molecule has 4 rings (SSSR count). The second-order valence-corrected chi connectivity index (χ2v) is 11.8. The highest BCUT2D eigenvalue weighted by Crippen LogP contribution is 2.38. The number of aryl methyl sites for hydroxylation is 1. The number of nitrogens with one attached hydrogen (secondary N) is 1. The van der Waals surface area contributed by atoms with Crippen LogP contribution in [0.25, 0.3) is 6.08 Å². The summed E-state index contributed by atoms with van der Waals surface area (Å²) < 4.78 is 37.4. The molecule has 0 saturated carbocycles. The van der Waals surface area contributed by atoms with Gasteiger partial charge in [0.1, 0.15) is 4.90 Å². The molecule has 3 aromatic carbocycles. The molecule has 0 radical (unpaired) electrons. The highest BCUT2D eigenvalue weighted by Gasteiger charge is 2.25. The van der Waals surface area contributed by atoms with Gasteiger partial charge in [-0.15, -0.1) is 0 Å². The van der Waals surface area contributed by atoms with Gasteiger partial charge in [-0.05, 0) is 102 Å². The SMILES string of the molecule is CCOc1cc(/C=C2/SC(=Nc3cccc(Cl)c3)NC2=O)cc(I)c1OS(=O)(=O)c1ccc(C)cc1. The number of amides is 1. The van der Waals surface area contributed by atoms with Gasteiger partial charge in [-0.2, -0.15) is 8.42 Å². The number of carbonyl (C=O) groups excluding carboxylic acids is 1. The quantitative estimate of drug-likeness (QED) is 0.182. The number of aliphatic imine (C=N–C) groups is 1. The zero-order valence-electron chi connectivity index (χ0n) is 19.1. The van der Waals surface area contributed by atoms with E-state index >= 15 is 0 Å². The van der Waals surface area contributed by atoms with E-state index in [4.69, 9.17) is 20.5 Å². The van der Waals surface area contributed by atoms with Crippen LogP contribution in [0.3, 0.4) is 0 Å². The number of halogens is 2. The van der Waals surface area contributed by atoms with Crippen LogP contribution >= 0.6 is 46.0 Å². The molecule has 1 heterocycles. The summed E-state index contributed by atoms with van der Waals surface area (Å²) in [5.74, 6) is 0.0473. The van der Waals surface area contributed by atoms with E-state index in [1.807, 2.05) is 29.5 Å². The van der Waals surface area contributed by atoms with Gasteiger partial charge < -0.3 is 14.2 Å². The topological polar surface area (TPSA) is 94.1 Å². The maximum atomic E-state index is 12.9. The van der Waals surface area contributed by atoms with Crippen LogP contribution in [0.2, 0.25) is 5.02 Å². The van der Waals surface area contributed by atoms with Gasteiger partial charge in [0.25, 0.3) is 5.91 Å². The summed E-state index contributed by atoms with van der Waals surface area (Å²) >= 11 is 9.19. The summed E-state index contributed by atoms with van der Waals surface area (Å²) in [6, 6.07) is 16.8. The zero-order valence-corrected chi connectivity index (χ0v) is 23.7. The van der Waals surface area contributed by atoms with E-state index in [1.165, 1.54) is 23.9 Å². The number of amidine groups is 1. The molecule has 0 bridgehead atoms. The van der Waals surface area contributed by atoms with Crippen molar-refractivity contribution in [3.05, 3.63) is 85.3 Å². The van der Waals surface area contributed by atoms with Gasteiger partial charge in [0.2, 0.25) is 0 Å². The Morgan fingerprint density at radius 2 is 1.89 bits per heavy atom. The average molecular weight is 655 g/mol. The van der Waals surface area contributed by atoms with Gasteiger partial charge in [-0.1, -0.05) is 35.4 Å². The summed E-state index contributed by atoms with van der Waals surface area (Å²) in [5, 5.41) is 3.71. The molecule has 1 N–H and O–H groups in total. The first-order valence-electron chi connectivity index (χ1n) is 10.7. The van der Waals surface area contributed by atoms with E-state index in [0.29, 0.717) is 36.5 Å². The molecule has 1 saturated heterocycles.